The lowest BCUT2D eigenvalue weighted by Gasteiger charge is -2.10. The quantitative estimate of drug-likeness (QED) is 0.713. The third-order valence-corrected chi connectivity index (χ3v) is 1.60. The van der Waals surface area contributed by atoms with Gasteiger partial charge in [0.15, 0.2) is 0 Å². The van der Waals surface area contributed by atoms with Gasteiger partial charge in [0, 0.05) is 12.4 Å². The van der Waals surface area contributed by atoms with E-state index < -0.39 is 6.09 Å². The highest BCUT2D eigenvalue weighted by atomic mass is 16.5. The van der Waals surface area contributed by atoms with Crippen LogP contribution in [0.25, 0.3) is 0 Å². The van der Waals surface area contributed by atoms with E-state index in [0.717, 1.165) is 0 Å². The number of imidazole rings is 1. The summed E-state index contributed by atoms with van der Waals surface area (Å²) in [6, 6.07) is -0.192. The number of ether oxygens (including phenoxy) is 1. The van der Waals surface area contributed by atoms with Crippen LogP contribution in [0.15, 0.2) is 25.0 Å². The number of hydrogen-bond donors (Lipinski definition) is 2. The van der Waals surface area contributed by atoms with Gasteiger partial charge in [0.1, 0.15) is 12.4 Å². The maximum atomic E-state index is 11.1. The molecule has 5 nitrogen and oxygen atoms in total. The minimum absolute atomic E-state index is 0.192. The normalized spacial score (nSPS) is 11.8. The van der Waals surface area contributed by atoms with Crippen LogP contribution in [0.3, 0.4) is 0 Å². The van der Waals surface area contributed by atoms with Crippen LogP contribution in [0, 0.1) is 0 Å². The molecule has 5 heteroatoms. The first-order chi connectivity index (χ1) is 6.74. The highest BCUT2D eigenvalue weighted by molar-refractivity contribution is 5.67. The lowest BCUT2D eigenvalue weighted by molar-refractivity contribution is 0.154. The molecule has 2 N–H and O–H groups in total. The van der Waals surface area contributed by atoms with Gasteiger partial charge in [-0.05, 0) is 6.92 Å². The third-order valence-electron chi connectivity index (χ3n) is 1.60. The molecule has 76 valence electrons. The van der Waals surface area contributed by atoms with Gasteiger partial charge in [-0.3, -0.25) is 0 Å². The zero-order chi connectivity index (χ0) is 10.4. The predicted molar refractivity (Wildman–Crippen MR) is 51.7 cm³/mol. The van der Waals surface area contributed by atoms with Gasteiger partial charge in [-0.15, -0.1) is 0 Å². The molecule has 1 aromatic heterocycles. The Morgan fingerprint density at radius 2 is 2.71 bits per heavy atom. The number of hydrogen-bond acceptors (Lipinski definition) is 3. The zero-order valence-corrected chi connectivity index (χ0v) is 7.99. The molecule has 1 aromatic rings. The molecule has 1 rings (SSSR count). The Balaban J connectivity index is 2.37. The maximum absolute atomic E-state index is 11.1. The summed E-state index contributed by atoms with van der Waals surface area (Å²) in [5.41, 5.74) is 0. The minimum Gasteiger partial charge on any atom is -0.445 e. The molecule has 14 heavy (non-hydrogen) atoms. The molecule has 0 bridgehead atoms. The largest absolute Gasteiger partial charge is 0.445 e. The van der Waals surface area contributed by atoms with Gasteiger partial charge < -0.3 is 15.0 Å². The van der Waals surface area contributed by atoms with Crippen molar-refractivity contribution in [3.8, 4) is 0 Å². The van der Waals surface area contributed by atoms with Crippen LogP contribution in [-0.4, -0.2) is 22.7 Å². The second-order valence-corrected chi connectivity index (χ2v) is 2.73. The van der Waals surface area contributed by atoms with Crippen LogP contribution < -0.4 is 5.32 Å². The fourth-order valence-corrected chi connectivity index (χ4v) is 0.936. The molecule has 1 atom stereocenters. The highest BCUT2D eigenvalue weighted by Crippen LogP contribution is 2.04. The van der Waals surface area contributed by atoms with Crippen LogP contribution >= 0.6 is 0 Å². The molecule has 0 aliphatic carbocycles. The second kappa shape index (κ2) is 5.06. The van der Waals surface area contributed by atoms with Crippen LogP contribution in [-0.2, 0) is 4.74 Å². The maximum Gasteiger partial charge on any atom is 0.408 e. The summed E-state index contributed by atoms with van der Waals surface area (Å²) >= 11 is 0. The van der Waals surface area contributed by atoms with Crippen molar-refractivity contribution >= 4 is 6.09 Å². The molecule has 0 aliphatic rings. The second-order valence-electron chi connectivity index (χ2n) is 2.73. The van der Waals surface area contributed by atoms with Gasteiger partial charge in [0.25, 0.3) is 0 Å². The molecule has 0 aromatic carbocycles. The van der Waals surface area contributed by atoms with Crippen molar-refractivity contribution in [2.75, 3.05) is 6.61 Å². The summed E-state index contributed by atoms with van der Waals surface area (Å²) in [6.45, 7) is 5.46. The molecule has 0 radical (unpaired) electrons. The van der Waals surface area contributed by atoms with Gasteiger partial charge in [-0.2, -0.15) is 0 Å². The first-order valence-corrected chi connectivity index (χ1v) is 4.27. The van der Waals surface area contributed by atoms with E-state index >= 15 is 0 Å². The van der Waals surface area contributed by atoms with E-state index in [1.54, 1.807) is 12.4 Å². The van der Waals surface area contributed by atoms with Gasteiger partial charge in [0.05, 0.1) is 6.04 Å². The first-order valence-electron chi connectivity index (χ1n) is 4.27. The summed E-state index contributed by atoms with van der Waals surface area (Å²) in [7, 11) is 0. The van der Waals surface area contributed by atoms with Crippen molar-refractivity contribution in [1.29, 1.82) is 0 Å². The summed E-state index contributed by atoms with van der Waals surface area (Å²) in [5, 5.41) is 2.61. The van der Waals surface area contributed by atoms with E-state index in [1.807, 2.05) is 6.92 Å². The molecular formula is C9H13N3O2. The van der Waals surface area contributed by atoms with Crippen LogP contribution in [0.5, 0.6) is 0 Å². The number of rotatable bonds is 4. The number of alkyl carbamates (subject to hydrolysis) is 1. The van der Waals surface area contributed by atoms with Crippen LogP contribution in [0.2, 0.25) is 0 Å². The average molecular weight is 195 g/mol. The number of aromatic nitrogens is 2. The number of carbonyl (C=O) groups is 1. The molecule has 0 aliphatic heterocycles. The van der Waals surface area contributed by atoms with Crippen molar-refractivity contribution in [3.05, 3.63) is 30.9 Å². The van der Waals surface area contributed by atoms with Gasteiger partial charge in [-0.1, -0.05) is 12.7 Å². The molecular weight excluding hydrogens is 182 g/mol. The smallest absolute Gasteiger partial charge is 0.408 e. The molecule has 1 amide bonds. The lowest BCUT2D eigenvalue weighted by Crippen LogP contribution is -2.28. The SMILES string of the molecule is C=CCOC(=O)NC(C)c1ncc[nH]1. The Morgan fingerprint density at radius 3 is 3.29 bits per heavy atom. The summed E-state index contributed by atoms with van der Waals surface area (Å²) in [5.74, 6) is 0.695. The fourth-order valence-electron chi connectivity index (χ4n) is 0.936. The number of amides is 1. The van der Waals surface area contributed by atoms with Crippen LogP contribution in [0.1, 0.15) is 18.8 Å². The Morgan fingerprint density at radius 1 is 1.93 bits per heavy atom. The van der Waals surface area contributed by atoms with Crippen molar-refractivity contribution < 1.29 is 9.53 Å². The fraction of sp³-hybridized carbons (Fsp3) is 0.333. The molecule has 0 spiro atoms. The van der Waals surface area contributed by atoms with Gasteiger partial charge >= 0.3 is 6.09 Å². The van der Waals surface area contributed by atoms with Crippen molar-refractivity contribution in [2.24, 2.45) is 0 Å². The van der Waals surface area contributed by atoms with E-state index in [2.05, 4.69) is 21.9 Å². The summed E-state index contributed by atoms with van der Waals surface area (Å²) in [6.07, 6.45) is 4.36. The number of H-pyrrole nitrogens is 1. The summed E-state index contributed by atoms with van der Waals surface area (Å²) in [4.78, 5) is 18.0. The number of nitrogens with one attached hydrogen (secondary N) is 2. The monoisotopic (exact) mass is 195 g/mol. The number of aromatic amines is 1. The van der Waals surface area contributed by atoms with Crippen molar-refractivity contribution in [1.82, 2.24) is 15.3 Å². The van der Waals surface area contributed by atoms with E-state index in [0.29, 0.717) is 5.82 Å². The highest BCUT2D eigenvalue weighted by Gasteiger charge is 2.11. The Bertz CT molecular complexity index is 295. The number of nitrogens with zero attached hydrogens (tertiary/aromatic N) is 1. The molecule has 0 fully saturated rings. The van der Waals surface area contributed by atoms with E-state index in [9.17, 15) is 4.79 Å². The topological polar surface area (TPSA) is 67.0 Å². The lowest BCUT2D eigenvalue weighted by atomic mass is 10.3. The zero-order valence-electron chi connectivity index (χ0n) is 7.99. The van der Waals surface area contributed by atoms with E-state index in [-0.39, 0.29) is 12.6 Å². The number of carbonyl (C=O) groups excluding carboxylic acids is 1. The summed E-state index contributed by atoms with van der Waals surface area (Å²) < 4.78 is 4.75. The molecule has 1 unspecified atom stereocenters. The standard InChI is InChI=1S/C9H13N3O2/c1-3-6-14-9(13)12-7(2)8-10-4-5-11-8/h3-5,7H,1,6H2,2H3,(H,10,11)(H,12,13). The average Bonchev–Trinajstić information content (AvgIpc) is 2.67. The Hall–Kier alpha value is -1.78. The predicted octanol–water partition coefficient (Wildman–Crippen LogP) is 1.38. The molecule has 0 saturated heterocycles. The Kier molecular flexibility index (Phi) is 3.72. The minimum atomic E-state index is -0.478. The van der Waals surface area contributed by atoms with Crippen LogP contribution in [0.4, 0.5) is 4.79 Å². The van der Waals surface area contributed by atoms with Crippen molar-refractivity contribution in [2.45, 2.75) is 13.0 Å². The van der Waals surface area contributed by atoms with E-state index in [1.165, 1.54) is 6.08 Å². The van der Waals surface area contributed by atoms with Crippen molar-refractivity contribution in [3.63, 3.8) is 0 Å². The molecule has 1 heterocycles. The molecule has 0 saturated carbocycles. The van der Waals surface area contributed by atoms with Gasteiger partial charge in [0.2, 0.25) is 0 Å². The first kappa shape index (κ1) is 10.3. The Labute approximate surface area is 82.2 Å². The third kappa shape index (κ3) is 2.93. The van der Waals surface area contributed by atoms with E-state index in [4.69, 9.17) is 4.74 Å². The van der Waals surface area contributed by atoms with Gasteiger partial charge in [-0.25, -0.2) is 9.78 Å².